The van der Waals surface area contributed by atoms with Crippen molar-refractivity contribution in [2.75, 3.05) is 26.1 Å². The lowest BCUT2D eigenvalue weighted by Crippen LogP contribution is -2.19. The van der Waals surface area contributed by atoms with Crippen molar-refractivity contribution in [2.45, 2.75) is 24.6 Å². The molecule has 0 amide bonds. The van der Waals surface area contributed by atoms with Gasteiger partial charge in [0, 0.05) is 11.9 Å². The zero-order valence-corrected chi connectivity index (χ0v) is 11.3. The van der Waals surface area contributed by atoms with E-state index in [-0.39, 0.29) is 17.4 Å². The van der Waals surface area contributed by atoms with Crippen LogP contribution in [0.1, 0.15) is 19.3 Å². The van der Waals surface area contributed by atoms with Gasteiger partial charge in [-0.05, 0) is 18.8 Å². The summed E-state index contributed by atoms with van der Waals surface area (Å²) in [5.41, 5.74) is 0. The van der Waals surface area contributed by atoms with E-state index in [1.165, 1.54) is 20.6 Å². The number of nitrogens with one attached hydrogen (secondary N) is 1. The van der Waals surface area contributed by atoms with E-state index in [4.69, 9.17) is 21.1 Å². The molecule has 0 aromatic carbocycles. The lowest BCUT2D eigenvalue weighted by Gasteiger charge is -2.14. The number of rotatable bonds is 5. The molecule has 1 aliphatic rings. The largest absolute Gasteiger partial charge is 0.467 e. The number of halogens is 1. The third kappa shape index (κ3) is 3.13. The van der Waals surface area contributed by atoms with Gasteiger partial charge >= 0.3 is 12.0 Å². The maximum absolute atomic E-state index is 6.22. The first-order chi connectivity index (χ1) is 8.72. The highest BCUT2D eigenvalue weighted by Crippen LogP contribution is 2.30. The maximum Gasteiger partial charge on any atom is 0.324 e. The monoisotopic (exact) mass is 272 g/mol. The molecule has 18 heavy (non-hydrogen) atoms. The van der Waals surface area contributed by atoms with Gasteiger partial charge in [-0.25, -0.2) is 0 Å². The molecular formula is C11H17ClN4O2. The predicted octanol–water partition coefficient (Wildman–Crippen LogP) is 1.71. The second-order valence-electron chi connectivity index (χ2n) is 4.22. The summed E-state index contributed by atoms with van der Waals surface area (Å²) in [6.45, 7) is 0.754. The van der Waals surface area contributed by atoms with Gasteiger partial charge in [0.1, 0.15) is 0 Å². The predicted molar refractivity (Wildman–Crippen MR) is 68.4 cm³/mol. The lowest BCUT2D eigenvalue weighted by atomic mass is 10.1. The minimum Gasteiger partial charge on any atom is -0.467 e. The standard InChI is InChI=1S/C11H17ClN4O2/c1-17-10-14-9(15-11(16-10)18-2)13-6-7-4-3-5-8(7)12/h7-8H,3-6H2,1-2H3,(H,13,14,15,16). The summed E-state index contributed by atoms with van der Waals surface area (Å²) >= 11 is 6.22. The van der Waals surface area contributed by atoms with Crippen molar-refractivity contribution in [3.63, 3.8) is 0 Å². The number of ether oxygens (including phenoxy) is 2. The summed E-state index contributed by atoms with van der Waals surface area (Å²) < 4.78 is 9.96. The van der Waals surface area contributed by atoms with Crippen LogP contribution in [-0.4, -0.2) is 41.1 Å². The molecule has 0 spiro atoms. The molecule has 1 aromatic rings. The molecule has 7 heteroatoms. The van der Waals surface area contributed by atoms with Crippen LogP contribution in [0.4, 0.5) is 5.95 Å². The molecule has 1 fully saturated rings. The number of hydrogen-bond donors (Lipinski definition) is 1. The summed E-state index contributed by atoms with van der Waals surface area (Å²) in [6, 6.07) is 0.469. The van der Waals surface area contributed by atoms with Gasteiger partial charge in [0.15, 0.2) is 0 Å². The maximum atomic E-state index is 6.22. The second-order valence-corrected chi connectivity index (χ2v) is 4.78. The Kier molecular flexibility index (Phi) is 4.41. The molecule has 1 aliphatic carbocycles. The Morgan fingerprint density at radius 2 is 1.83 bits per heavy atom. The first kappa shape index (κ1) is 13.1. The van der Waals surface area contributed by atoms with Crippen LogP contribution in [0, 0.1) is 5.92 Å². The van der Waals surface area contributed by atoms with Gasteiger partial charge in [-0.3, -0.25) is 0 Å². The van der Waals surface area contributed by atoms with Crippen molar-refractivity contribution in [1.29, 1.82) is 0 Å². The molecule has 1 aromatic heterocycles. The van der Waals surface area contributed by atoms with Gasteiger partial charge in [-0.1, -0.05) is 6.42 Å². The van der Waals surface area contributed by atoms with Crippen molar-refractivity contribution in [1.82, 2.24) is 15.0 Å². The molecule has 0 radical (unpaired) electrons. The third-order valence-electron chi connectivity index (χ3n) is 3.05. The van der Waals surface area contributed by atoms with Crippen LogP contribution in [0.15, 0.2) is 0 Å². The number of hydrogen-bond acceptors (Lipinski definition) is 6. The van der Waals surface area contributed by atoms with Gasteiger partial charge in [0.2, 0.25) is 5.95 Å². The Morgan fingerprint density at radius 3 is 2.33 bits per heavy atom. The van der Waals surface area contributed by atoms with Crippen molar-refractivity contribution in [2.24, 2.45) is 5.92 Å². The topological polar surface area (TPSA) is 69.2 Å². The Balaban J connectivity index is 1.99. The molecule has 0 saturated heterocycles. The van der Waals surface area contributed by atoms with E-state index in [0.29, 0.717) is 11.9 Å². The number of alkyl halides is 1. The van der Waals surface area contributed by atoms with Crippen LogP contribution in [0.25, 0.3) is 0 Å². The lowest BCUT2D eigenvalue weighted by molar-refractivity contribution is 0.341. The van der Waals surface area contributed by atoms with Crippen LogP contribution in [-0.2, 0) is 0 Å². The average molecular weight is 273 g/mol. The fraction of sp³-hybridized carbons (Fsp3) is 0.727. The zero-order chi connectivity index (χ0) is 13.0. The van der Waals surface area contributed by atoms with Gasteiger partial charge in [0.05, 0.1) is 14.2 Å². The molecular weight excluding hydrogens is 256 g/mol. The highest BCUT2D eigenvalue weighted by Gasteiger charge is 2.25. The number of nitrogens with zero attached hydrogens (tertiary/aromatic N) is 3. The van der Waals surface area contributed by atoms with Crippen LogP contribution in [0.5, 0.6) is 12.0 Å². The van der Waals surface area contributed by atoms with Crippen molar-refractivity contribution in [3.8, 4) is 12.0 Å². The van der Waals surface area contributed by atoms with E-state index in [0.717, 1.165) is 19.4 Å². The first-order valence-corrected chi connectivity index (χ1v) is 6.38. The number of methoxy groups -OCH3 is 2. The molecule has 0 bridgehead atoms. The highest BCUT2D eigenvalue weighted by molar-refractivity contribution is 6.20. The minimum atomic E-state index is 0.234. The molecule has 2 unspecified atom stereocenters. The molecule has 6 nitrogen and oxygen atoms in total. The van der Waals surface area contributed by atoms with Crippen LogP contribution in [0.3, 0.4) is 0 Å². The normalized spacial score (nSPS) is 22.8. The fourth-order valence-corrected chi connectivity index (χ4v) is 2.41. The van der Waals surface area contributed by atoms with Gasteiger partial charge < -0.3 is 14.8 Å². The molecule has 100 valence electrons. The van der Waals surface area contributed by atoms with Crippen LogP contribution < -0.4 is 14.8 Å². The highest BCUT2D eigenvalue weighted by atomic mass is 35.5. The Hall–Kier alpha value is -1.30. The Morgan fingerprint density at radius 1 is 1.17 bits per heavy atom. The number of aromatic nitrogens is 3. The molecule has 0 aliphatic heterocycles. The van der Waals surface area contributed by atoms with E-state index in [9.17, 15) is 0 Å². The first-order valence-electron chi connectivity index (χ1n) is 5.95. The van der Waals surface area contributed by atoms with E-state index in [1.54, 1.807) is 0 Å². The average Bonchev–Trinajstić information content (AvgIpc) is 2.81. The van der Waals surface area contributed by atoms with Crippen molar-refractivity contribution >= 4 is 17.5 Å². The third-order valence-corrected chi connectivity index (χ3v) is 3.62. The summed E-state index contributed by atoms with van der Waals surface area (Å²) in [4.78, 5) is 12.1. The van der Waals surface area contributed by atoms with E-state index >= 15 is 0 Å². The molecule has 2 atom stereocenters. The van der Waals surface area contributed by atoms with Gasteiger partial charge in [-0.15, -0.1) is 16.6 Å². The fourth-order valence-electron chi connectivity index (χ4n) is 2.04. The molecule has 1 heterocycles. The van der Waals surface area contributed by atoms with E-state index < -0.39 is 0 Å². The van der Waals surface area contributed by atoms with Crippen LogP contribution >= 0.6 is 11.6 Å². The van der Waals surface area contributed by atoms with E-state index in [2.05, 4.69) is 20.3 Å². The summed E-state index contributed by atoms with van der Waals surface area (Å²) in [5, 5.41) is 3.40. The quantitative estimate of drug-likeness (QED) is 0.823. The Bertz CT molecular complexity index is 382. The molecule has 1 saturated carbocycles. The van der Waals surface area contributed by atoms with Gasteiger partial charge in [-0.2, -0.15) is 9.97 Å². The van der Waals surface area contributed by atoms with Crippen molar-refractivity contribution in [3.05, 3.63) is 0 Å². The minimum absolute atomic E-state index is 0.234. The van der Waals surface area contributed by atoms with Gasteiger partial charge in [0.25, 0.3) is 0 Å². The molecule has 2 rings (SSSR count). The SMILES string of the molecule is COc1nc(NCC2CCCC2Cl)nc(OC)n1. The van der Waals surface area contributed by atoms with E-state index in [1.807, 2.05) is 0 Å². The van der Waals surface area contributed by atoms with Crippen molar-refractivity contribution < 1.29 is 9.47 Å². The molecule has 1 N–H and O–H groups in total. The number of anilines is 1. The second kappa shape index (κ2) is 6.04. The zero-order valence-electron chi connectivity index (χ0n) is 10.5. The van der Waals surface area contributed by atoms with Crippen LogP contribution in [0.2, 0.25) is 0 Å². The smallest absolute Gasteiger partial charge is 0.324 e. The Labute approximate surface area is 111 Å². The summed E-state index contributed by atoms with van der Waals surface area (Å²) in [5.74, 6) is 0.912. The summed E-state index contributed by atoms with van der Waals surface area (Å²) in [7, 11) is 3.01. The summed E-state index contributed by atoms with van der Waals surface area (Å²) in [6.07, 6.45) is 3.41.